The van der Waals surface area contributed by atoms with E-state index in [0.29, 0.717) is 5.92 Å². The summed E-state index contributed by atoms with van der Waals surface area (Å²) in [7, 11) is 0. The van der Waals surface area contributed by atoms with Gasteiger partial charge in [0.25, 0.3) is 0 Å². The van der Waals surface area contributed by atoms with Crippen molar-refractivity contribution in [2.45, 2.75) is 25.4 Å². The fourth-order valence-electron chi connectivity index (χ4n) is 2.84. The van der Waals surface area contributed by atoms with Crippen LogP contribution in [-0.4, -0.2) is 34.3 Å². The molecule has 5 heteroatoms. The molecular weight excluding hydrogens is 246 g/mol. The third-order valence-corrected chi connectivity index (χ3v) is 5.27. The van der Waals surface area contributed by atoms with Gasteiger partial charge in [-0.3, -0.25) is 0 Å². The molecule has 2 fully saturated rings. The molecule has 0 radical (unpaired) electrons. The summed E-state index contributed by atoms with van der Waals surface area (Å²) >= 11 is 2.06. The minimum absolute atomic E-state index is 0.0732. The first kappa shape index (κ1) is 12.5. The molecule has 4 nitrogen and oxygen atoms in total. The Labute approximate surface area is 112 Å². The Morgan fingerprint density at radius 3 is 3.22 bits per heavy atom. The Hall–Kier alpha value is -0.520. The molecule has 100 valence electrons. The number of imidazole rings is 1. The SMILES string of the molecule is NC(c1cncn1CC1CCSC1)C1CCOC1. The number of ether oxygens (including phenoxy) is 1. The van der Waals surface area contributed by atoms with Crippen molar-refractivity contribution in [2.75, 3.05) is 24.7 Å². The Kier molecular flexibility index (Phi) is 3.91. The molecule has 0 saturated carbocycles. The quantitative estimate of drug-likeness (QED) is 0.901. The van der Waals surface area contributed by atoms with E-state index in [0.717, 1.165) is 32.1 Å². The van der Waals surface area contributed by atoms with Gasteiger partial charge in [-0.05, 0) is 30.3 Å². The average molecular weight is 267 g/mol. The van der Waals surface area contributed by atoms with Gasteiger partial charge in [0.05, 0.1) is 24.7 Å². The Balaban J connectivity index is 1.69. The monoisotopic (exact) mass is 267 g/mol. The summed E-state index contributed by atoms with van der Waals surface area (Å²) in [6, 6.07) is 0.0732. The molecule has 2 N–H and O–H groups in total. The number of nitrogens with zero attached hydrogens (tertiary/aromatic N) is 2. The van der Waals surface area contributed by atoms with Crippen molar-refractivity contribution in [3.05, 3.63) is 18.2 Å². The predicted octanol–water partition coefficient (Wildman–Crippen LogP) is 1.67. The van der Waals surface area contributed by atoms with E-state index in [1.165, 1.54) is 23.6 Å². The number of rotatable bonds is 4. The van der Waals surface area contributed by atoms with Gasteiger partial charge in [-0.1, -0.05) is 0 Å². The molecule has 2 saturated heterocycles. The van der Waals surface area contributed by atoms with Crippen LogP contribution in [-0.2, 0) is 11.3 Å². The fourth-order valence-corrected chi connectivity index (χ4v) is 4.12. The van der Waals surface area contributed by atoms with E-state index in [-0.39, 0.29) is 6.04 Å². The normalized spacial score (nSPS) is 29.8. The van der Waals surface area contributed by atoms with Gasteiger partial charge >= 0.3 is 0 Å². The average Bonchev–Trinajstić information content (AvgIpc) is 3.12. The molecule has 18 heavy (non-hydrogen) atoms. The van der Waals surface area contributed by atoms with Crippen LogP contribution >= 0.6 is 11.8 Å². The Bertz CT molecular complexity index is 383. The first-order valence-electron chi connectivity index (χ1n) is 6.75. The van der Waals surface area contributed by atoms with E-state index >= 15 is 0 Å². The van der Waals surface area contributed by atoms with Crippen molar-refractivity contribution in [1.82, 2.24) is 9.55 Å². The molecule has 0 aliphatic carbocycles. The van der Waals surface area contributed by atoms with E-state index in [2.05, 4.69) is 21.3 Å². The van der Waals surface area contributed by atoms with Crippen LogP contribution in [0.4, 0.5) is 0 Å². The van der Waals surface area contributed by atoms with E-state index in [9.17, 15) is 0 Å². The summed E-state index contributed by atoms with van der Waals surface area (Å²) in [6.45, 7) is 2.72. The molecule has 0 spiro atoms. The van der Waals surface area contributed by atoms with Crippen molar-refractivity contribution in [3.63, 3.8) is 0 Å². The second-order valence-corrected chi connectivity index (χ2v) is 6.50. The summed E-state index contributed by atoms with van der Waals surface area (Å²) in [5.41, 5.74) is 7.56. The highest BCUT2D eigenvalue weighted by molar-refractivity contribution is 7.99. The van der Waals surface area contributed by atoms with Gasteiger partial charge < -0.3 is 15.0 Å². The molecule has 2 aliphatic rings. The minimum Gasteiger partial charge on any atom is -0.381 e. The molecule has 3 unspecified atom stereocenters. The van der Waals surface area contributed by atoms with Gasteiger partial charge in [-0.2, -0.15) is 11.8 Å². The van der Waals surface area contributed by atoms with Crippen LogP contribution in [0.5, 0.6) is 0 Å². The largest absolute Gasteiger partial charge is 0.381 e. The lowest BCUT2D eigenvalue weighted by Gasteiger charge is -2.20. The maximum absolute atomic E-state index is 6.37. The van der Waals surface area contributed by atoms with Crippen LogP contribution in [0.15, 0.2) is 12.5 Å². The van der Waals surface area contributed by atoms with Crippen LogP contribution in [0.1, 0.15) is 24.6 Å². The second-order valence-electron chi connectivity index (χ2n) is 5.35. The van der Waals surface area contributed by atoms with Crippen LogP contribution in [0.2, 0.25) is 0 Å². The third-order valence-electron chi connectivity index (χ3n) is 4.04. The first-order valence-corrected chi connectivity index (χ1v) is 7.91. The van der Waals surface area contributed by atoms with Crippen LogP contribution in [0.3, 0.4) is 0 Å². The summed E-state index contributed by atoms with van der Waals surface area (Å²) in [5.74, 6) is 3.82. The van der Waals surface area contributed by atoms with Crippen molar-refractivity contribution in [2.24, 2.45) is 17.6 Å². The predicted molar refractivity (Wildman–Crippen MR) is 73.5 cm³/mol. The smallest absolute Gasteiger partial charge is 0.0948 e. The molecule has 3 atom stereocenters. The summed E-state index contributed by atoms with van der Waals surface area (Å²) in [6.07, 6.45) is 6.27. The zero-order chi connectivity index (χ0) is 12.4. The van der Waals surface area contributed by atoms with Crippen molar-refractivity contribution in [3.8, 4) is 0 Å². The van der Waals surface area contributed by atoms with Gasteiger partial charge in [0.15, 0.2) is 0 Å². The molecule has 0 bridgehead atoms. The number of aromatic nitrogens is 2. The molecular formula is C13H21N3OS. The zero-order valence-electron chi connectivity index (χ0n) is 10.6. The van der Waals surface area contributed by atoms with E-state index in [4.69, 9.17) is 10.5 Å². The summed E-state index contributed by atoms with van der Waals surface area (Å²) < 4.78 is 7.70. The molecule has 0 amide bonds. The van der Waals surface area contributed by atoms with Crippen molar-refractivity contribution in [1.29, 1.82) is 0 Å². The third kappa shape index (κ3) is 2.58. The zero-order valence-corrected chi connectivity index (χ0v) is 11.4. The highest BCUT2D eigenvalue weighted by Gasteiger charge is 2.27. The van der Waals surface area contributed by atoms with Gasteiger partial charge in [0.1, 0.15) is 0 Å². The molecule has 2 aliphatic heterocycles. The lowest BCUT2D eigenvalue weighted by Crippen LogP contribution is -2.25. The highest BCUT2D eigenvalue weighted by Crippen LogP contribution is 2.29. The summed E-state index contributed by atoms with van der Waals surface area (Å²) in [5, 5.41) is 0. The Morgan fingerprint density at radius 1 is 1.56 bits per heavy atom. The van der Waals surface area contributed by atoms with E-state index in [1.54, 1.807) is 0 Å². The van der Waals surface area contributed by atoms with Gasteiger partial charge in [-0.15, -0.1) is 0 Å². The van der Waals surface area contributed by atoms with Gasteiger partial charge in [-0.25, -0.2) is 4.98 Å². The molecule has 1 aromatic heterocycles. The van der Waals surface area contributed by atoms with E-state index in [1.807, 2.05) is 12.5 Å². The number of nitrogens with two attached hydrogens (primary N) is 1. The van der Waals surface area contributed by atoms with Crippen molar-refractivity contribution >= 4 is 11.8 Å². The highest BCUT2D eigenvalue weighted by atomic mass is 32.2. The number of hydrogen-bond donors (Lipinski definition) is 1. The van der Waals surface area contributed by atoms with Crippen LogP contribution in [0, 0.1) is 11.8 Å². The number of hydrogen-bond acceptors (Lipinski definition) is 4. The lowest BCUT2D eigenvalue weighted by atomic mass is 9.97. The maximum atomic E-state index is 6.37. The molecule has 3 heterocycles. The molecule has 3 rings (SSSR count). The topological polar surface area (TPSA) is 53.1 Å². The Morgan fingerprint density at radius 2 is 2.50 bits per heavy atom. The minimum atomic E-state index is 0.0732. The standard InChI is InChI=1S/C13H21N3OS/c14-13(11-1-3-17-7-11)12-5-15-9-16(12)6-10-2-4-18-8-10/h5,9-11,13H,1-4,6-8,14H2. The van der Waals surface area contributed by atoms with Gasteiger partial charge in [0, 0.05) is 25.3 Å². The van der Waals surface area contributed by atoms with E-state index < -0.39 is 0 Å². The maximum Gasteiger partial charge on any atom is 0.0948 e. The van der Waals surface area contributed by atoms with Crippen molar-refractivity contribution < 1.29 is 4.74 Å². The van der Waals surface area contributed by atoms with Crippen LogP contribution < -0.4 is 5.73 Å². The number of thioether (sulfide) groups is 1. The first-order chi connectivity index (χ1) is 8.84. The summed E-state index contributed by atoms with van der Waals surface area (Å²) in [4.78, 5) is 4.29. The molecule has 1 aromatic rings. The van der Waals surface area contributed by atoms with Crippen LogP contribution in [0.25, 0.3) is 0 Å². The van der Waals surface area contributed by atoms with Gasteiger partial charge in [0.2, 0.25) is 0 Å². The second kappa shape index (κ2) is 5.63. The molecule has 0 aromatic carbocycles. The lowest BCUT2D eigenvalue weighted by molar-refractivity contribution is 0.180. The fraction of sp³-hybridized carbons (Fsp3) is 0.769.